The van der Waals surface area contributed by atoms with Crippen LogP contribution in [0.1, 0.15) is 11.1 Å². The lowest BCUT2D eigenvalue weighted by Crippen LogP contribution is -2.35. The van der Waals surface area contributed by atoms with Crippen LogP contribution in [0.25, 0.3) is 0 Å². The summed E-state index contributed by atoms with van der Waals surface area (Å²) in [4.78, 5) is 13.4. The number of carbonyl (C=O) groups is 1. The van der Waals surface area contributed by atoms with Crippen LogP contribution in [0.5, 0.6) is 0 Å². The molecule has 7 heteroatoms. The van der Waals surface area contributed by atoms with Gasteiger partial charge in [-0.2, -0.15) is 4.31 Å². The summed E-state index contributed by atoms with van der Waals surface area (Å²) in [7, 11) is -2.30. The second kappa shape index (κ2) is 8.03. The summed E-state index contributed by atoms with van der Waals surface area (Å²) in [5, 5.41) is 2.78. The molecule has 1 N–H and O–H groups in total. The zero-order chi connectivity index (χ0) is 18.6. The highest BCUT2D eigenvalue weighted by Crippen LogP contribution is 2.21. The van der Waals surface area contributed by atoms with E-state index in [1.807, 2.05) is 32.2 Å². The van der Waals surface area contributed by atoms with E-state index in [1.54, 1.807) is 30.3 Å². The first-order valence-electron chi connectivity index (χ1n) is 7.72. The molecule has 0 saturated heterocycles. The summed E-state index contributed by atoms with van der Waals surface area (Å²) in [5.41, 5.74) is 2.72. The third kappa shape index (κ3) is 4.62. The number of carbonyl (C=O) groups excluding carboxylic acids is 1. The fraction of sp³-hybridized carbons (Fsp3) is 0.278. The summed E-state index contributed by atoms with van der Waals surface area (Å²) in [6.45, 7) is 3.62. The molecular weight excluding hydrogens is 356 g/mol. The average Bonchev–Trinajstić information content (AvgIpc) is 2.59. The Morgan fingerprint density at radius 2 is 1.76 bits per heavy atom. The number of likely N-dealkylation sites (N-methyl/N-ethyl adjacent to an activating group) is 1. The van der Waals surface area contributed by atoms with Crippen LogP contribution in [0.15, 0.2) is 52.3 Å². The van der Waals surface area contributed by atoms with Crippen LogP contribution in [0.2, 0.25) is 0 Å². The van der Waals surface area contributed by atoms with Crippen LogP contribution < -0.4 is 5.32 Å². The van der Waals surface area contributed by atoms with Crippen LogP contribution in [-0.4, -0.2) is 38.5 Å². The van der Waals surface area contributed by atoms with Crippen LogP contribution in [0.3, 0.4) is 0 Å². The molecule has 1 amide bonds. The van der Waals surface area contributed by atoms with E-state index in [0.717, 1.165) is 20.3 Å². The Kier molecular flexibility index (Phi) is 6.26. The van der Waals surface area contributed by atoms with Crippen molar-refractivity contribution in [3.05, 3.63) is 53.6 Å². The molecule has 0 atom stereocenters. The molecule has 0 spiro atoms. The lowest BCUT2D eigenvalue weighted by atomic mass is 10.1. The van der Waals surface area contributed by atoms with E-state index in [-0.39, 0.29) is 17.3 Å². The lowest BCUT2D eigenvalue weighted by Gasteiger charge is -2.18. The summed E-state index contributed by atoms with van der Waals surface area (Å²) < 4.78 is 26.2. The number of anilines is 1. The Labute approximate surface area is 153 Å². The van der Waals surface area contributed by atoms with E-state index in [1.165, 1.54) is 18.8 Å². The smallest absolute Gasteiger partial charge is 0.243 e. The number of amides is 1. The van der Waals surface area contributed by atoms with Crippen molar-refractivity contribution in [1.29, 1.82) is 0 Å². The number of nitrogens with zero attached hydrogens (tertiary/aromatic N) is 1. The lowest BCUT2D eigenvalue weighted by molar-refractivity contribution is -0.116. The van der Waals surface area contributed by atoms with Gasteiger partial charge in [-0.25, -0.2) is 8.42 Å². The van der Waals surface area contributed by atoms with Gasteiger partial charge in [-0.1, -0.05) is 12.1 Å². The number of benzene rings is 2. The highest BCUT2D eigenvalue weighted by Gasteiger charge is 2.23. The van der Waals surface area contributed by atoms with Gasteiger partial charge in [0.05, 0.1) is 11.4 Å². The monoisotopic (exact) mass is 378 g/mol. The molecule has 2 rings (SSSR count). The molecule has 0 aliphatic heterocycles. The Hall–Kier alpha value is -1.83. The van der Waals surface area contributed by atoms with Crippen LogP contribution in [0.4, 0.5) is 5.69 Å². The van der Waals surface area contributed by atoms with E-state index >= 15 is 0 Å². The Morgan fingerprint density at radius 1 is 1.12 bits per heavy atom. The molecule has 0 unspecified atom stereocenters. The first-order chi connectivity index (χ1) is 11.8. The molecule has 0 heterocycles. The highest BCUT2D eigenvalue weighted by atomic mass is 32.2. The van der Waals surface area contributed by atoms with Crippen LogP contribution in [0, 0.1) is 13.8 Å². The van der Waals surface area contributed by atoms with Crippen molar-refractivity contribution in [2.45, 2.75) is 23.6 Å². The molecular formula is C18H22N2O3S2. The van der Waals surface area contributed by atoms with Gasteiger partial charge < -0.3 is 5.32 Å². The zero-order valence-corrected chi connectivity index (χ0v) is 16.4. The van der Waals surface area contributed by atoms with Crippen molar-refractivity contribution in [3.8, 4) is 0 Å². The standard InChI is InChI=1S/C18H22N2O3S2/c1-13-6-5-7-17(14(13)2)19-18(21)12-20(3)25(22,23)16-10-8-15(24-4)9-11-16/h5-11H,12H2,1-4H3,(H,19,21). The molecule has 0 bridgehead atoms. The number of aryl methyl sites for hydroxylation is 1. The van der Waals surface area contributed by atoms with Crippen LogP contribution in [-0.2, 0) is 14.8 Å². The number of hydrogen-bond acceptors (Lipinski definition) is 4. The summed E-state index contributed by atoms with van der Waals surface area (Å²) in [6.07, 6.45) is 1.92. The predicted molar refractivity (Wildman–Crippen MR) is 103 cm³/mol. The Morgan fingerprint density at radius 3 is 2.36 bits per heavy atom. The van der Waals surface area contributed by atoms with E-state index in [4.69, 9.17) is 0 Å². The van der Waals surface area contributed by atoms with Gasteiger partial charge >= 0.3 is 0 Å². The molecule has 0 aliphatic carbocycles. The largest absolute Gasteiger partial charge is 0.325 e. The van der Waals surface area contributed by atoms with Gasteiger partial charge in [0, 0.05) is 17.6 Å². The second-order valence-corrected chi connectivity index (χ2v) is 8.66. The first-order valence-corrected chi connectivity index (χ1v) is 10.4. The molecule has 0 fully saturated rings. The van der Waals surface area contributed by atoms with Gasteiger partial charge in [-0.05, 0) is 61.6 Å². The van der Waals surface area contributed by atoms with Crippen molar-refractivity contribution in [3.63, 3.8) is 0 Å². The van der Waals surface area contributed by atoms with Gasteiger partial charge in [-0.15, -0.1) is 11.8 Å². The van der Waals surface area contributed by atoms with Crippen molar-refractivity contribution >= 4 is 33.4 Å². The molecule has 5 nitrogen and oxygen atoms in total. The van der Waals surface area contributed by atoms with E-state index in [9.17, 15) is 13.2 Å². The minimum absolute atomic E-state index is 0.173. The third-order valence-corrected chi connectivity index (χ3v) is 6.57. The van der Waals surface area contributed by atoms with Gasteiger partial charge in [0.25, 0.3) is 0 Å². The van der Waals surface area contributed by atoms with Gasteiger partial charge in [-0.3, -0.25) is 4.79 Å². The SMILES string of the molecule is CSc1ccc(S(=O)(=O)N(C)CC(=O)Nc2cccc(C)c2C)cc1. The molecule has 25 heavy (non-hydrogen) atoms. The summed E-state index contributed by atoms with van der Waals surface area (Å²) in [6, 6.07) is 12.2. The first kappa shape index (κ1) is 19.5. The van der Waals surface area contributed by atoms with Crippen molar-refractivity contribution in [2.75, 3.05) is 25.2 Å². The van der Waals surface area contributed by atoms with E-state index < -0.39 is 10.0 Å². The number of nitrogens with one attached hydrogen (secondary N) is 1. The molecule has 0 radical (unpaired) electrons. The maximum Gasteiger partial charge on any atom is 0.243 e. The number of hydrogen-bond donors (Lipinski definition) is 1. The quantitative estimate of drug-likeness (QED) is 0.784. The molecule has 0 aromatic heterocycles. The Balaban J connectivity index is 2.10. The normalized spacial score (nSPS) is 11.6. The minimum Gasteiger partial charge on any atom is -0.325 e. The van der Waals surface area contributed by atoms with Crippen molar-refractivity contribution < 1.29 is 13.2 Å². The second-order valence-electron chi connectivity index (χ2n) is 5.73. The molecule has 134 valence electrons. The Bertz CT molecular complexity index is 862. The maximum absolute atomic E-state index is 12.6. The van der Waals surface area contributed by atoms with Crippen LogP contribution >= 0.6 is 11.8 Å². The predicted octanol–water partition coefficient (Wildman–Crippen LogP) is 3.28. The maximum atomic E-state index is 12.6. The fourth-order valence-corrected chi connectivity index (χ4v) is 3.83. The van der Waals surface area contributed by atoms with E-state index in [2.05, 4.69) is 5.32 Å². The van der Waals surface area contributed by atoms with Crippen molar-refractivity contribution in [2.24, 2.45) is 0 Å². The average molecular weight is 379 g/mol. The number of thioether (sulfide) groups is 1. The topological polar surface area (TPSA) is 66.5 Å². The fourth-order valence-electron chi connectivity index (χ4n) is 2.29. The molecule has 2 aromatic carbocycles. The van der Waals surface area contributed by atoms with E-state index in [0.29, 0.717) is 5.69 Å². The summed E-state index contributed by atoms with van der Waals surface area (Å²) >= 11 is 1.54. The zero-order valence-electron chi connectivity index (χ0n) is 14.7. The third-order valence-electron chi connectivity index (χ3n) is 4.01. The summed E-state index contributed by atoms with van der Waals surface area (Å²) in [5.74, 6) is -0.375. The van der Waals surface area contributed by atoms with Crippen molar-refractivity contribution in [1.82, 2.24) is 4.31 Å². The molecule has 0 aliphatic rings. The van der Waals surface area contributed by atoms with Gasteiger partial charge in [0.15, 0.2) is 0 Å². The number of rotatable bonds is 6. The highest BCUT2D eigenvalue weighted by molar-refractivity contribution is 7.98. The number of sulfonamides is 1. The van der Waals surface area contributed by atoms with Gasteiger partial charge in [0.2, 0.25) is 15.9 Å². The van der Waals surface area contributed by atoms with Gasteiger partial charge in [0.1, 0.15) is 0 Å². The molecule has 2 aromatic rings. The minimum atomic E-state index is -3.71. The molecule has 0 saturated carbocycles.